The van der Waals surface area contributed by atoms with Gasteiger partial charge in [-0.15, -0.1) is 11.3 Å². The average Bonchev–Trinajstić information content (AvgIpc) is 3.74. The molecule has 4 N–H and O–H groups in total. The summed E-state index contributed by atoms with van der Waals surface area (Å²) in [6.07, 6.45) is 1.84. The van der Waals surface area contributed by atoms with Crippen LogP contribution >= 0.6 is 22.9 Å². The SMILES string of the molecule is N#Cc1c(N)sc2c(F)ccc(-c3c(Cl)cc4c(N5CCCn6nc(N)cc6C5)nc(OC[C@@]56CCCN5C[C@H](F)C6)nc4c3F)c12. The summed E-state index contributed by atoms with van der Waals surface area (Å²) in [5.41, 5.74) is 12.6. The average molecular weight is 680 g/mol. The van der Waals surface area contributed by atoms with Gasteiger partial charge < -0.3 is 21.1 Å². The van der Waals surface area contributed by atoms with E-state index in [1.807, 2.05) is 15.7 Å². The molecule has 6 heterocycles. The van der Waals surface area contributed by atoms with Crippen molar-refractivity contribution in [1.82, 2.24) is 24.6 Å². The van der Waals surface area contributed by atoms with Gasteiger partial charge in [-0.2, -0.15) is 20.3 Å². The van der Waals surface area contributed by atoms with Crippen LogP contribution in [-0.2, 0) is 13.1 Å². The molecule has 242 valence electrons. The number of rotatable bonds is 5. The Labute approximate surface area is 276 Å². The second kappa shape index (κ2) is 11.1. The Morgan fingerprint density at radius 1 is 1.15 bits per heavy atom. The van der Waals surface area contributed by atoms with Crippen LogP contribution in [0.4, 0.5) is 29.8 Å². The molecule has 3 aliphatic heterocycles. The predicted octanol–water partition coefficient (Wildman–Crippen LogP) is 6.04. The Balaban J connectivity index is 1.30. The normalized spacial score (nSPS) is 21.3. The maximum absolute atomic E-state index is 17.0. The maximum atomic E-state index is 17.0. The number of halogens is 4. The largest absolute Gasteiger partial charge is 0.461 e. The summed E-state index contributed by atoms with van der Waals surface area (Å²) in [6.45, 7) is 2.90. The first-order valence-corrected chi connectivity index (χ1v) is 16.5. The lowest BCUT2D eigenvalue weighted by Gasteiger charge is -2.31. The lowest BCUT2D eigenvalue weighted by atomic mass is 9.95. The summed E-state index contributed by atoms with van der Waals surface area (Å²) in [5, 5.41) is 14.9. The molecule has 0 saturated carbocycles. The number of fused-ring (bicyclic) bond motifs is 4. The number of hydrogen-bond donors (Lipinski definition) is 2. The number of alkyl halides is 1. The molecular formula is C32H29ClF3N9OS. The Kier molecular flexibility index (Phi) is 7.12. The number of aryl methyl sites for hydroxylation is 1. The molecule has 2 fully saturated rings. The molecular weight excluding hydrogens is 651 g/mol. The van der Waals surface area contributed by atoms with E-state index in [-0.39, 0.29) is 54.9 Å². The van der Waals surface area contributed by atoms with Crippen LogP contribution in [0.5, 0.6) is 6.01 Å². The molecule has 3 aromatic heterocycles. The van der Waals surface area contributed by atoms with Gasteiger partial charge in [0.25, 0.3) is 0 Å². The molecule has 2 aromatic carbocycles. The Hall–Kier alpha value is -4.32. The van der Waals surface area contributed by atoms with Crippen LogP contribution < -0.4 is 21.1 Å². The first-order valence-electron chi connectivity index (χ1n) is 15.4. The van der Waals surface area contributed by atoms with Crippen LogP contribution in [0.25, 0.3) is 32.1 Å². The van der Waals surface area contributed by atoms with Gasteiger partial charge in [0.1, 0.15) is 46.8 Å². The van der Waals surface area contributed by atoms with Crippen molar-refractivity contribution in [3.63, 3.8) is 0 Å². The van der Waals surface area contributed by atoms with E-state index in [2.05, 4.69) is 15.0 Å². The van der Waals surface area contributed by atoms with Crippen LogP contribution in [0, 0.1) is 23.0 Å². The zero-order valence-corrected chi connectivity index (χ0v) is 26.6. The number of nitrogens with two attached hydrogens (primary N) is 2. The van der Waals surface area contributed by atoms with Crippen molar-refractivity contribution in [2.75, 3.05) is 42.6 Å². The molecule has 2 saturated heterocycles. The smallest absolute Gasteiger partial charge is 0.319 e. The van der Waals surface area contributed by atoms with Crippen LogP contribution in [0.3, 0.4) is 0 Å². The first-order chi connectivity index (χ1) is 22.7. The molecule has 0 bridgehead atoms. The maximum Gasteiger partial charge on any atom is 0.319 e. The van der Waals surface area contributed by atoms with Gasteiger partial charge in [-0.3, -0.25) is 9.58 Å². The van der Waals surface area contributed by atoms with Crippen molar-refractivity contribution in [3.8, 4) is 23.2 Å². The highest BCUT2D eigenvalue weighted by Crippen LogP contribution is 2.46. The van der Waals surface area contributed by atoms with Gasteiger partial charge in [0, 0.05) is 48.5 Å². The minimum Gasteiger partial charge on any atom is -0.461 e. The van der Waals surface area contributed by atoms with E-state index >= 15 is 4.39 Å². The zero-order chi connectivity index (χ0) is 32.6. The number of ether oxygens (including phenoxy) is 1. The Morgan fingerprint density at radius 3 is 2.83 bits per heavy atom. The van der Waals surface area contributed by atoms with Gasteiger partial charge in [0.15, 0.2) is 5.82 Å². The van der Waals surface area contributed by atoms with Crippen molar-refractivity contribution in [2.45, 2.75) is 50.5 Å². The van der Waals surface area contributed by atoms with Gasteiger partial charge >= 0.3 is 6.01 Å². The fourth-order valence-electron chi connectivity index (χ4n) is 7.53. The highest BCUT2D eigenvalue weighted by atomic mass is 35.5. The molecule has 2 atom stereocenters. The minimum absolute atomic E-state index is 0.0274. The van der Waals surface area contributed by atoms with Gasteiger partial charge in [0.2, 0.25) is 0 Å². The highest BCUT2D eigenvalue weighted by Gasteiger charge is 2.49. The van der Waals surface area contributed by atoms with Crippen molar-refractivity contribution < 1.29 is 17.9 Å². The van der Waals surface area contributed by atoms with Crippen molar-refractivity contribution >= 4 is 60.6 Å². The standard InChI is InChI=1S/C32H29ClF3N9OS/c33-21-10-19-27(26(36)25(21)18-3-4-22(35)28-24(18)20(12-37)29(39)47-28)40-31(46-15-32-5-1-7-44(32)13-16(34)11-32)41-30(19)43-6-2-8-45-17(14-43)9-23(38)42-45/h3-4,9-10,16H,1-2,5-8,11,13-15,39H2,(H2,38,42)/t16-,32+/m1/s1. The lowest BCUT2D eigenvalue weighted by Crippen LogP contribution is -2.43. The fraction of sp³-hybridized carbons (Fsp3) is 0.375. The number of aromatic nitrogens is 4. The molecule has 0 radical (unpaired) electrons. The summed E-state index contributed by atoms with van der Waals surface area (Å²) < 4.78 is 54.6. The lowest BCUT2D eigenvalue weighted by molar-refractivity contribution is 0.107. The van der Waals surface area contributed by atoms with E-state index in [9.17, 15) is 14.0 Å². The number of nitrogen functional groups attached to an aromatic ring is 2. The van der Waals surface area contributed by atoms with E-state index in [0.29, 0.717) is 56.0 Å². The molecule has 8 rings (SSSR count). The quantitative estimate of drug-likeness (QED) is 0.228. The third-order valence-corrected chi connectivity index (χ3v) is 10.9. The van der Waals surface area contributed by atoms with E-state index in [1.165, 1.54) is 12.1 Å². The molecule has 3 aliphatic rings. The van der Waals surface area contributed by atoms with Crippen molar-refractivity contribution in [1.29, 1.82) is 5.26 Å². The zero-order valence-electron chi connectivity index (χ0n) is 25.1. The Morgan fingerprint density at radius 2 is 2.00 bits per heavy atom. The molecule has 47 heavy (non-hydrogen) atoms. The van der Waals surface area contributed by atoms with E-state index in [0.717, 1.165) is 36.4 Å². The summed E-state index contributed by atoms with van der Waals surface area (Å²) in [6, 6.07) is 7.95. The van der Waals surface area contributed by atoms with Crippen molar-refractivity contribution in [3.05, 3.63) is 52.2 Å². The first kappa shape index (κ1) is 30.0. The monoisotopic (exact) mass is 679 g/mol. The number of benzene rings is 2. The van der Waals surface area contributed by atoms with Gasteiger partial charge in [-0.05, 0) is 43.5 Å². The summed E-state index contributed by atoms with van der Waals surface area (Å²) >= 11 is 7.77. The molecule has 0 aliphatic carbocycles. The second-order valence-corrected chi connectivity index (χ2v) is 13.9. The van der Waals surface area contributed by atoms with Crippen molar-refractivity contribution in [2.24, 2.45) is 0 Å². The van der Waals surface area contributed by atoms with E-state index < -0.39 is 23.3 Å². The third kappa shape index (κ3) is 4.82. The second-order valence-electron chi connectivity index (χ2n) is 12.4. The van der Waals surface area contributed by atoms with Crippen LogP contribution in [0.15, 0.2) is 24.3 Å². The number of thiophene rings is 1. The predicted molar refractivity (Wildman–Crippen MR) is 175 cm³/mol. The molecule has 10 nitrogen and oxygen atoms in total. The van der Waals surface area contributed by atoms with E-state index in [1.54, 1.807) is 12.1 Å². The molecule has 0 unspecified atom stereocenters. The van der Waals surface area contributed by atoms with Crippen LogP contribution in [-0.4, -0.2) is 62.6 Å². The van der Waals surface area contributed by atoms with E-state index in [4.69, 9.17) is 32.8 Å². The summed E-state index contributed by atoms with van der Waals surface area (Å²) in [4.78, 5) is 13.5. The number of nitrogens with zero attached hydrogens (tertiary/aromatic N) is 7. The number of nitriles is 1. The fourth-order valence-corrected chi connectivity index (χ4v) is 8.78. The number of hydrogen-bond acceptors (Lipinski definition) is 10. The third-order valence-electron chi connectivity index (χ3n) is 9.60. The molecule has 15 heteroatoms. The summed E-state index contributed by atoms with van der Waals surface area (Å²) in [7, 11) is 0. The molecule has 0 spiro atoms. The number of anilines is 3. The highest BCUT2D eigenvalue weighted by molar-refractivity contribution is 7.23. The molecule has 0 amide bonds. The van der Waals surface area contributed by atoms with Crippen LogP contribution in [0.2, 0.25) is 5.02 Å². The summed E-state index contributed by atoms with van der Waals surface area (Å²) in [5.74, 6) is -0.556. The van der Waals surface area contributed by atoms with Gasteiger partial charge in [-0.1, -0.05) is 17.7 Å². The minimum atomic E-state index is -0.944. The molecule has 5 aromatic rings. The topological polar surface area (TPSA) is 135 Å². The Bertz CT molecular complexity index is 2130. The van der Waals surface area contributed by atoms with Gasteiger partial charge in [0.05, 0.1) is 33.1 Å². The van der Waals surface area contributed by atoms with Crippen LogP contribution in [0.1, 0.15) is 36.9 Å². The van der Waals surface area contributed by atoms with Gasteiger partial charge in [-0.25, -0.2) is 13.2 Å².